The van der Waals surface area contributed by atoms with Crippen LogP contribution in [0, 0.1) is 11.8 Å². The van der Waals surface area contributed by atoms with Crippen molar-refractivity contribution in [1.82, 2.24) is 0 Å². The number of aliphatic imine (C=N–C) groups is 1. The van der Waals surface area contributed by atoms with Gasteiger partial charge in [-0.05, 0) is 66.2 Å². The molecule has 0 aromatic heterocycles. The Labute approximate surface area is 223 Å². The van der Waals surface area contributed by atoms with E-state index in [4.69, 9.17) is 8.78 Å². The van der Waals surface area contributed by atoms with Gasteiger partial charge in [-0.3, -0.25) is 4.99 Å². The third kappa shape index (κ3) is 8.44. The summed E-state index contributed by atoms with van der Waals surface area (Å²) in [5.74, 6) is 2.40. The molecule has 8 heteroatoms. The zero-order valence-corrected chi connectivity index (χ0v) is 22.9. The van der Waals surface area contributed by atoms with E-state index in [1.54, 1.807) is 30.5 Å². The van der Waals surface area contributed by atoms with Crippen LogP contribution in [0.25, 0.3) is 5.32 Å². The Morgan fingerprint density at radius 1 is 1.03 bits per heavy atom. The summed E-state index contributed by atoms with van der Waals surface area (Å²) >= 11 is 1.06. The van der Waals surface area contributed by atoms with E-state index in [0.29, 0.717) is 37.0 Å². The van der Waals surface area contributed by atoms with E-state index in [2.05, 4.69) is 37.1 Å². The second kappa shape index (κ2) is 14.5. The molecule has 2 aliphatic rings. The molecular weight excluding hydrogens is 495 g/mol. The number of rotatable bonds is 7. The van der Waals surface area contributed by atoms with Crippen molar-refractivity contribution in [2.24, 2.45) is 16.8 Å². The number of aliphatic hydroxyl groups is 1. The second-order valence-corrected chi connectivity index (χ2v) is 10.5. The van der Waals surface area contributed by atoms with Crippen LogP contribution in [0.5, 0.6) is 17.2 Å². The van der Waals surface area contributed by atoms with E-state index in [-0.39, 0.29) is 29.3 Å². The Bertz CT molecular complexity index is 992. The number of aromatic hydroxyl groups is 3. The molecule has 3 unspecified atom stereocenters. The Balaban J connectivity index is 0.000000244. The average Bonchev–Trinajstić information content (AvgIpc) is 3.49. The molecule has 3 atom stereocenters. The van der Waals surface area contributed by atoms with E-state index < -0.39 is 0 Å². The Kier molecular flexibility index (Phi) is 12.1. The van der Waals surface area contributed by atoms with Crippen LogP contribution in [-0.4, -0.2) is 52.9 Å². The van der Waals surface area contributed by atoms with Crippen molar-refractivity contribution in [3.05, 3.63) is 58.4 Å². The number of fused-ring (bicyclic) bond motifs is 2. The Morgan fingerprint density at radius 3 is 2.33 bits per heavy atom. The number of para-hydroxylation sites is 1. The van der Waals surface area contributed by atoms with Gasteiger partial charge in [0.2, 0.25) is 0 Å². The molecule has 0 amide bonds. The van der Waals surface area contributed by atoms with Gasteiger partial charge < -0.3 is 25.7 Å². The normalized spacial score (nSPS) is 20.5. The third-order valence-electron chi connectivity index (χ3n) is 6.94. The predicted octanol–water partition coefficient (Wildman–Crippen LogP) is 5.35. The molecule has 2 fully saturated rings. The van der Waals surface area contributed by atoms with E-state index in [1.807, 2.05) is 6.07 Å². The number of phenols is 3. The first-order chi connectivity index (χ1) is 17.2. The van der Waals surface area contributed by atoms with Crippen molar-refractivity contribution < 1.29 is 41.5 Å². The first kappa shape index (κ1) is 30.0. The number of phenolic OH excluding ortho intramolecular Hbond substituents is 3. The summed E-state index contributed by atoms with van der Waals surface area (Å²) in [6, 6.07) is 10.9. The topological polar surface area (TPSA) is 124 Å². The van der Waals surface area contributed by atoms with Gasteiger partial charge in [-0.15, -0.1) is 13.1 Å². The van der Waals surface area contributed by atoms with Gasteiger partial charge in [0.05, 0.1) is 0 Å². The van der Waals surface area contributed by atoms with Gasteiger partial charge in [0.1, 0.15) is 5.75 Å². The average molecular weight is 535 g/mol. The van der Waals surface area contributed by atoms with Crippen LogP contribution in [0.1, 0.15) is 69.1 Å². The minimum absolute atomic E-state index is 0.00243. The molecule has 2 aliphatic carbocycles. The number of aliphatic hydroxyl groups excluding tert-OH is 1. The second-order valence-electron chi connectivity index (χ2n) is 10.5. The summed E-state index contributed by atoms with van der Waals surface area (Å²) in [6.45, 7) is 8.16. The summed E-state index contributed by atoms with van der Waals surface area (Å²) in [4.78, 5) is 4.11. The molecule has 0 spiro atoms. The van der Waals surface area contributed by atoms with Crippen LogP contribution in [0.3, 0.4) is 0 Å². The van der Waals surface area contributed by atoms with Crippen LogP contribution >= 0.6 is 0 Å². The van der Waals surface area contributed by atoms with Gasteiger partial charge in [0.15, 0.2) is 11.5 Å². The summed E-state index contributed by atoms with van der Waals surface area (Å²) < 4.78 is 8.19. The fourth-order valence-electron chi connectivity index (χ4n) is 5.05. The summed E-state index contributed by atoms with van der Waals surface area (Å²) in [6.07, 6.45) is 6.77. The van der Waals surface area contributed by atoms with E-state index in [0.717, 1.165) is 34.4 Å². The SMILES string of the molecule is CC(C)(C)c1cc(O)c(O)c(C2CC3CCC2C3)c1.OCC[N-]CCN=Cc1ccccc1O.[O]=[V]. The molecule has 197 valence electrons. The number of hydrogen-bond donors (Lipinski definition) is 4. The first-order valence-electron chi connectivity index (χ1n) is 12.5. The zero-order chi connectivity index (χ0) is 26.7. The maximum absolute atomic E-state index is 10.2. The molecule has 0 heterocycles. The molecule has 0 radical (unpaired) electrons. The van der Waals surface area contributed by atoms with Crippen LogP contribution in [0.4, 0.5) is 0 Å². The van der Waals surface area contributed by atoms with Crippen molar-refractivity contribution in [2.45, 2.75) is 57.8 Å². The molecular formula is C28H39N2O5V-. The van der Waals surface area contributed by atoms with E-state index in [1.165, 1.54) is 25.7 Å². The van der Waals surface area contributed by atoms with Gasteiger partial charge in [-0.2, -0.15) is 0 Å². The van der Waals surface area contributed by atoms with Gasteiger partial charge in [-0.1, -0.05) is 45.4 Å². The quantitative estimate of drug-likeness (QED) is 0.216. The molecule has 0 aliphatic heterocycles. The van der Waals surface area contributed by atoms with Crippen LogP contribution in [-0.2, 0) is 26.5 Å². The maximum atomic E-state index is 10.2. The zero-order valence-electron chi connectivity index (χ0n) is 21.5. The molecule has 36 heavy (non-hydrogen) atoms. The molecule has 2 saturated carbocycles. The fraction of sp³-hybridized carbons (Fsp3) is 0.536. The molecule has 4 N–H and O–H groups in total. The van der Waals surface area contributed by atoms with Crippen molar-refractivity contribution in [2.75, 3.05) is 26.2 Å². The van der Waals surface area contributed by atoms with Gasteiger partial charge in [-0.25, -0.2) is 0 Å². The summed E-state index contributed by atoms with van der Waals surface area (Å²) in [7, 11) is 0. The van der Waals surface area contributed by atoms with Gasteiger partial charge in [0, 0.05) is 30.5 Å². The van der Waals surface area contributed by atoms with Crippen molar-refractivity contribution in [3.63, 3.8) is 0 Å². The van der Waals surface area contributed by atoms with Crippen LogP contribution in [0.15, 0.2) is 41.4 Å². The molecule has 2 bridgehead atoms. The van der Waals surface area contributed by atoms with E-state index in [9.17, 15) is 15.3 Å². The monoisotopic (exact) mass is 534 g/mol. The van der Waals surface area contributed by atoms with Crippen molar-refractivity contribution >= 4 is 6.21 Å². The molecule has 2 aromatic carbocycles. The molecule has 0 saturated heterocycles. The van der Waals surface area contributed by atoms with Crippen LogP contribution < -0.4 is 0 Å². The van der Waals surface area contributed by atoms with Crippen LogP contribution in [0.2, 0.25) is 0 Å². The van der Waals surface area contributed by atoms with Crippen molar-refractivity contribution in [1.29, 1.82) is 0 Å². The number of nitrogens with zero attached hydrogens (tertiary/aromatic N) is 2. The third-order valence-corrected chi connectivity index (χ3v) is 6.94. The van der Waals surface area contributed by atoms with E-state index >= 15 is 0 Å². The molecule has 4 rings (SSSR count). The van der Waals surface area contributed by atoms with Gasteiger partial charge >= 0.3 is 21.0 Å². The Hall–Kier alpha value is -2.19. The Morgan fingerprint density at radius 2 is 1.75 bits per heavy atom. The standard InChI is InChI=1S/C17H24O2.C11H15N2O2.O.V/c1-17(2,3)12-8-14(16(19)15(18)9-12)13-7-10-4-5-11(13)6-10;14-8-7-12-5-6-13-9-10-3-1-2-4-11(10)15;;/h8-11,13,18-19H,4-7H2,1-3H3;1-4,9,14-15H,5-8H2;;/q;-1;;. The predicted molar refractivity (Wildman–Crippen MR) is 138 cm³/mol. The fourth-order valence-corrected chi connectivity index (χ4v) is 5.05. The minimum atomic E-state index is -0.00243. The summed E-state index contributed by atoms with van der Waals surface area (Å²) in [5.41, 5.74) is 2.80. The molecule has 2 aromatic rings. The van der Waals surface area contributed by atoms with Gasteiger partial charge in [0.25, 0.3) is 0 Å². The summed E-state index contributed by atoms with van der Waals surface area (Å²) in [5, 5.41) is 42.1. The van der Waals surface area contributed by atoms with Crippen molar-refractivity contribution in [3.8, 4) is 17.2 Å². The molecule has 7 nitrogen and oxygen atoms in total. The number of hydrogen-bond acceptors (Lipinski definition) is 6. The number of benzene rings is 2. The first-order valence-corrected chi connectivity index (χ1v) is 13.0.